The lowest BCUT2D eigenvalue weighted by molar-refractivity contribution is -0.137. The molecule has 1 aliphatic rings. The Balaban J connectivity index is 1.81. The first-order valence-electron chi connectivity index (χ1n) is 11.2. The van der Waals surface area contributed by atoms with Gasteiger partial charge in [0.2, 0.25) is 5.95 Å². The van der Waals surface area contributed by atoms with Crippen molar-refractivity contribution >= 4 is 17.3 Å². The van der Waals surface area contributed by atoms with Crippen LogP contribution in [0.2, 0.25) is 0 Å². The van der Waals surface area contributed by atoms with Gasteiger partial charge in [-0.3, -0.25) is 0 Å². The maximum absolute atomic E-state index is 13.4. The standard InChI is InChI=1S/C24H27F3N4S/c1-3-6-15(7-4-2)22-31-20(16-8-5-9-17(14-16)24(25,26)27)21(32-22)19-12-13-28-23(30-19)29-18-10-11-18/h5,8-9,12-15,18H,3-4,6-7,10-11H2,1-2H3,(H,28,29,30). The highest BCUT2D eigenvalue weighted by Gasteiger charge is 2.31. The highest BCUT2D eigenvalue weighted by Crippen LogP contribution is 2.42. The number of benzene rings is 1. The first-order chi connectivity index (χ1) is 15.4. The third-order valence-electron chi connectivity index (χ3n) is 5.53. The molecule has 0 aliphatic heterocycles. The molecule has 0 bridgehead atoms. The molecule has 0 spiro atoms. The van der Waals surface area contributed by atoms with Gasteiger partial charge in [-0.05, 0) is 43.9 Å². The zero-order chi connectivity index (χ0) is 22.7. The molecule has 1 saturated carbocycles. The van der Waals surface area contributed by atoms with Crippen molar-refractivity contribution in [1.29, 1.82) is 0 Å². The Morgan fingerprint density at radius 1 is 1.09 bits per heavy atom. The van der Waals surface area contributed by atoms with E-state index in [-0.39, 0.29) is 0 Å². The molecule has 0 amide bonds. The number of alkyl halides is 3. The minimum atomic E-state index is -4.40. The van der Waals surface area contributed by atoms with E-state index in [1.165, 1.54) is 12.1 Å². The van der Waals surface area contributed by atoms with Gasteiger partial charge in [-0.15, -0.1) is 11.3 Å². The van der Waals surface area contributed by atoms with Crippen LogP contribution in [0.5, 0.6) is 0 Å². The lowest BCUT2D eigenvalue weighted by atomic mass is 9.99. The Kier molecular flexibility index (Phi) is 6.79. The minimum Gasteiger partial charge on any atom is -0.351 e. The molecule has 1 aromatic carbocycles. The Labute approximate surface area is 190 Å². The van der Waals surface area contributed by atoms with E-state index in [2.05, 4.69) is 29.1 Å². The van der Waals surface area contributed by atoms with Crippen LogP contribution in [0.25, 0.3) is 21.8 Å². The molecular weight excluding hydrogens is 433 g/mol. The van der Waals surface area contributed by atoms with Crippen LogP contribution in [0.1, 0.15) is 68.9 Å². The summed E-state index contributed by atoms with van der Waals surface area (Å²) in [4.78, 5) is 14.7. The van der Waals surface area contributed by atoms with Gasteiger partial charge in [0.15, 0.2) is 0 Å². The molecule has 32 heavy (non-hydrogen) atoms. The summed E-state index contributed by atoms with van der Waals surface area (Å²) in [6.45, 7) is 4.29. The van der Waals surface area contributed by atoms with Gasteiger partial charge < -0.3 is 5.32 Å². The second-order valence-corrected chi connectivity index (χ2v) is 9.30. The first kappa shape index (κ1) is 22.7. The summed E-state index contributed by atoms with van der Waals surface area (Å²) in [5.41, 5.74) is 1.03. The lowest BCUT2D eigenvalue weighted by Crippen LogP contribution is -2.05. The number of nitrogens with one attached hydrogen (secondary N) is 1. The van der Waals surface area contributed by atoms with Crippen molar-refractivity contribution in [3.05, 3.63) is 47.1 Å². The monoisotopic (exact) mass is 460 g/mol. The van der Waals surface area contributed by atoms with Gasteiger partial charge in [0.25, 0.3) is 0 Å². The average Bonchev–Trinajstić information content (AvgIpc) is 3.47. The van der Waals surface area contributed by atoms with Crippen molar-refractivity contribution < 1.29 is 13.2 Å². The van der Waals surface area contributed by atoms with Crippen molar-refractivity contribution in [3.63, 3.8) is 0 Å². The quantitative estimate of drug-likeness (QED) is 0.358. The summed E-state index contributed by atoms with van der Waals surface area (Å²) in [7, 11) is 0. The number of hydrogen-bond donors (Lipinski definition) is 1. The number of hydrogen-bond acceptors (Lipinski definition) is 5. The number of rotatable bonds is 9. The molecule has 0 radical (unpaired) electrons. The van der Waals surface area contributed by atoms with Crippen LogP contribution in [0.15, 0.2) is 36.5 Å². The Morgan fingerprint density at radius 3 is 2.50 bits per heavy atom. The minimum absolute atomic E-state index is 0.291. The fraction of sp³-hybridized carbons (Fsp3) is 0.458. The molecule has 0 unspecified atom stereocenters. The average molecular weight is 461 g/mol. The molecule has 1 N–H and O–H groups in total. The SMILES string of the molecule is CCCC(CCC)c1nc(-c2cccc(C(F)(F)F)c2)c(-c2ccnc(NC3CC3)n2)s1. The highest BCUT2D eigenvalue weighted by molar-refractivity contribution is 7.15. The van der Waals surface area contributed by atoms with Crippen LogP contribution in [-0.2, 0) is 6.18 Å². The topological polar surface area (TPSA) is 50.7 Å². The molecule has 170 valence electrons. The summed E-state index contributed by atoms with van der Waals surface area (Å²) in [5.74, 6) is 0.841. The highest BCUT2D eigenvalue weighted by atomic mass is 32.1. The summed E-state index contributed by atoms with van der Waals surface area (Å²) in [6.07, 6.45) is 3.55. The zero-order valence-electron chi connectivity index (χ0n) is 18.2. The molecule has 2 aromatic heterocycles. The van der Waals surface area contributed by atoms with E-state index in [9.17, 15) is 13.2 Å². The normalized spacial score (nSPS) is 14.2. The van der Waals surface area contributed by atoms with Gasteiger partial charge >= 0.3 is 6.18 Å². The van der Waals surface area contributed by atoms with Gasteiger partial charge in [0, 0.05) is 23.7 Å². The van der Waals surface area contributed by atoms with Crippen molar-refractivity contribution in [2.24, 2.45) is 0 Å². The lowest BCUT2D eigenvalue weighted by Gasteiger charge is -2.11. The smallest absolute Gasteiger partial charge is 0.351 e. The van der Waals surface area contributed by atoms with Crippen LogP contribution >= 0.6 is 11.3 Å². The second-order valence-electron chi connectivity index (χ2n) is 8.27. The van der Waals surface area contributed by atoms with Crippen molar-refractivity contribution in [2.45, 2.75) is 70.5 Å². The van der Waals surface area contributed by atoms with E-state index in [0.717, 1.165) is 54.5 Å². The van der Waals surface area contributed by atoms with Gasteiger partial charge in [0.1, 0.15) is 0 Å². The Morgan fingerprint density at radius 2 is 1.84 bits per heavy atom. The van der Waals surface area contributed by atoms with Crippen molar-refractivity contribution in [3.8, 4) is 21.8 Å². The maximum Gasteiger partial charge on any atom is 0.416 e. The molecule has 0 saturated heterocycles. The molecule has 4 rings (SSSR count). The van der Waals surface area contributed by atoms with E-state index >= 15 is 0 Å². The Bertz CT molecular complexity index is 1050. The van der Waals surface area contributed by atoms with Crippen LogP contribution in [0.4, 0.5) is 19.1 Å². The number of aromatic nitrogens is 3. The van der Waals surface area contributed by atoms with Gasteiger partial charge in [-0.1, -0.05) is 38.8 Å². The van der Waals surface area contributed by atoms with E-state index in [1.807, 2.05) is 0 Å². The largest absolute Gasteiger partial charge is 0.416 e. The number of anilines is 1. The maximum atomic E-state index is 13.4. The third-order valence-corrected chi connectivity index (χ3v) is 6.77. The summed E-state index contributed by atoms with van der Waals surface area (Å²) >= 11 is 1.54. The van der Waals surface area contributed by atoms with Crippen LogP contribution in [0.3, 0.4) is 0 Å². The van der Waals surface area contributed by atoms with Crippen molar-refractivity contribution in [2.75, 3.05) is 5.32 Å². The number of halogens is 3. The fourth-order valence-electron chi connectivity index (χ4n) is 3.78. The predicted octanol–water partition coefficient (Wildman–Crippen LogP) is 7.54. The van der Waals surface area contributed by atoms with Crippen LogP contribution < -0.4 is 5.32 Å². The molecule has 2 heterocycles. The number of thiazole rings is 1. The van der Waals surface area contributed by atoms with Gasteiger partial charge in [-0.2, -0.15) is 13.2 Å². The summed E-state index contributed by atoms with van der Waals surface area (Å²) in [5, 5.41) is 4.26. The molecule has 3 aromatic rings. The summed E-state index contributed by atoms with van der Waals surface area (Å²) in [6, 6.07) is 7.62. The zero-order valence-corrected chi connectivity index (χ0v) is 19.1. The predicted molar refractivity (Wildman–Crippen MR) is 123 cm³/mol. The molecular formula is C24H27F3N4S. The molecule has 4 nitrogen and oxygen atoms in total. The third kappa shape index (κ3) is 5.28. The second kappa shape index (κ2) is 9.57. The molecule has 1 aliphatic carbocycles. The molecule has 0 atom stereocenters. The summed E-state index contributed by atoms with van der Waals surface area (Å²) < 4.78 is 40.1. The van der Waals surface area contributed by atoms with Gasteiger partial charge in [0.05, 0.1) is 26.8 Å². The Hall–Kier alpha value is -2.48. The first-order valence-corrected chi connectivity index (χ1v) is 12.0. The fourth-order valence-corrected chi connectivity index (χ4v) is 5.00. The van der Waals surface area contributed by atoms with E-state index in [1.54, 1.807) is 29.7 Å². The number of nitrogens with zero attached hydrogens (tertiary/aromatic N) is 3. The molecule has 8 heteroatoms. The van der Waals surface area contributed by atoms with Crippen LogP contribution in [0, 0.1) is 0 Å². The van der Waals surface area contributed by atoms with E-state index < -0.39 is 11.7 Å². The van der Waals surface area contributed by atoms with Crippen molar-refractivity contribution in [1.82, 2.24) is 15.0 Å². The molecule has 1 fully saturated rings. The van der Waals surface area contributed by atoms with E-state index in [4.69, 9.17) is 4.98 Å². The van der Waals surface area contributed by atoms with Crippen LogP contribution in [-0.4, -0.2) is 21.0 Å². The van der Waals surface area contributed by atoms with E-state index in [0.29, 0.717) is 34.9 Å². The van der Waals surface area contributed by atoms with Gasteiger partial charge in [-0.25, -0.2) is 15.0 Å².